The van der Waals surface area contributed by atoms with E-state index in [1.54, 1.807) is 0 Å². The topological polar surface area (TPSA) is 88.5 Å². The fraction of sp³-hybridized carbons (Fsp3) is 0.800. The van der Waals surface area contributed by atoms with Gasteiger partial charge in [-0.25, -0.2) is 0 Å². The van der Waals surface area contributed by atoms with E-state index in [2.05, 4.69) is 15.0 Å². The van der Waals surface area contributed by atoms with Gasteiger partial charge in [-0.15, -0.1) is 24.8 Å². The summed E-state index contributed by atoms with van der Waals surface area (Å²) in [6.45, 7) is 6.38. The third-order valence-electron chi connectivity index (χ3n) is 4.89. The van der Waals surface area contributed by atoms with Gasteiger partial charge in [0, 0.05) is 32.1 Å². The van der Waals surface area contributed by atoms with Crippen molar-refractivity contribution in [3.8, 4) is 0 Å². The van der Waals surface area contributed by atoms with Crippen LogP contribution in [0.15, 0.2) is 4.52 Å². The van der Waals surface area contributed by atoms with E-state index in [0.717, 1.165) is 45.4 Å². The molecule has 24 heavy (non-hydrogen) atoms. The zero-order valence-corrected chi connectivity index (χ0v) is 15.7. The molecular formula is C15H27Cl2N5O2. The van der Waals surface area contributed by atoms with Crippen LogP contribution in [-0.2, 0) is 11.3 Å². The number of aromatic nitrogens is 2. The molecule has 1 saturated heterocycles. The van der Waals surface area contributed by atoms with Crippen molar-refractivity contribution in [3.63, 3.8) is 0 Å². The van der Waals surface area contributed by atoms with Gasteiger partial charge in [0.25, 0.3) is 0 Å². The van der Waals surface area contributed by atoms with Crippen LogP contribution in [0.2, 0.25) is 0 Å². The number of halogens is 2. The second-order valence-corrected chi connectivity index (χ2v) is 6.37. The lowest BCUT2D eigenvalue weighted by Crippen LogP contribution is -2.50. The van der Waals surface area contributed by atoms with Gasteiger partial charge in [0.05, 0.1) is 6.54 Å². The molecule has 0 unspecified atom stereocenters. The van der Waals surface area contributed by atoms with Crippen molar-refractivity contribution in [1.82, 2.24) is 19.9 Å². The van der Waals surface area contributed by atoms with E-state index in [4.69, 9.17) is 10.3 Å². The molecule has 1 aromatic rings. The van der Waals surface area contributed by atoms with E-state index in [9.17, 15) is 4.79 Å². The Morgan fingerprint density at radius 1 is 1.25 bits per heavy atom. The number of carbonyl (C=O) groups is 1. The molecule has 0 spiro atoms. The molecule has 0 aromatic carbocycles. The molecule has 1 amide bonds. The van der Waals surface area contributed by atoms with E-state index < -0.39 is 0 Å². The zero-order valence-electron chi connectivity index (χ0n) is 14.0. The molecule has 7 nitrogen and oxygen atoms in total. The smallest absolute Gasteiger partial charge is 0.240 e. The lowest BCUT2D eigenvalue weighted by Gasteiger charge is -2.36. The number of aryl methyl sites for hydroxylation is 1. The zero-order chi connectivity index (χ0) is 15.5. The third kappa shape index (κ3) is 4.81. The molecule has 0 bridgehead atoms. The standard InChI is InChI=1S/C15H25N5O2.2ClH/c1-11-17-14(22-18-11)10-19-5-7-20(8-6-19)15(21)13-4-2-3-12(13)9-16;;/h12-13H,2-10,16H2,1H3;2*1H/t12-,13-;;/m1../s1. The molecule has 1 aromatic heterocycles. The number of nitrogens with zero attached hydrogens (tertiary/aromatic N) is 4. The predicted octanol–water partition coefficient (Wildman–Crippen LogP) is 1.24. The van der Waals surface area contributed by atoms with Gasteiger partial charge in [0.15, 0.2) is 5.82 Å². The highest BCUT2D eigenvalue weighted by Gasteiger charge is 2.35. The average Bonchev–Trinajstić information content (AvgIpc) is 3.16. The summed E-state index contributed by atoms with van der Waals surface area (Å²) in [5, 5.41) is 3.81. The fourth-order valence-corrected chi connectivity index (χ4v) is 3.60. The van der Waals surface area contributed by atoms with E-state index in [-0.39, 0.29) is 30.7 Å². The summed E-state index contributed by atoms with van der Waals surface area (Å²) in [6.07, 6.45) is 3.24. The largest absolute Gasteiger partial charge is 0.340 e. The van der Waals surface area contributed by atoms with Crippen LogP contribution < -0.4 is 5.73 Å². The fourth-order valence-electron chi connectivity index (χ4n) is 3.60. The Kier molecular flexibility index (Phi) is 8.42. The minimum Gasteiger partial charge on any atom is -0.340 e. The number of rotatable bonds is 4. The normalized spacial score (nSPS) is 24.3. The highest BCUT2D eigenvalue weighted by atomic mass is 35.5. The van der Waals surface area contributed by atoms with Crippen LogP contribution in [0.4, 0.5) is 0 Å². The first-order valence-electron chi connectivity index (χ1n) is 8.17. The summed E-state index contributed by atoms with van der Waals surface area (Å²) < 4.78 is 5.15. The second-order valence-electron chi connectivity index (χ2n) is 6.37. The maximum atomic E-state index is 12.6. The van der Waals surface area contributed by atoms with Crippen molar-refractivity contribution >= 4 is 30.7 Å². The van der Waals surface area contributed by atoms with Crippen molar-refractivity contribution in [2.45, 2.75) is 32.7 Å². The molecule has 1 saturated carbocycles. The Morgan fingerprint density at radius 3 is 2.54 bits per heavy atom. The number of hydrogen-bond donors (Lipinski definition) is 1. The van der Waals surface area contributed by atoms with Gasteiger partial charge in [-0.1, -0.05) is 11.6 Å². The number of hydrogen-bond acceptors (Lipinski definition) is 6. The molecule has 2 heterocycles. The maximum Gasteiger partial charge on any atom is 0.240 e. The molecule has 0 radical (unpaired) electrons. The summed E-state index contributed by atoms with van der Waals surface area (Å²) in [5.74, 6) is 2.15. The van der Waals surface area contributed by atoms with Gasteiger partial charge in [0.2, 0.25) is 11.8 Å². The van der Waals surface area contributed by atoms with Crippen LogP contribution in [0.25, 0.3) is 0 Å². The maximum absolute atomic E-state index is 12.6. The second kappa shape index (κ2) is 9.56. The van der Waals surface area contributed by atoms with Crippen LogP contribution in [0.5, 0.6) is 0 Å². The van der Waals surface area contributed by atoms with E-state index in [1.165, 1.54) is 0 Å². The summed E-state index contributed by atoms with van der Waals surface area (Å²) in [6, 6.07) is 0. The number of piperazine rings is 1. The van der Waals surface area contributed by atoms with Crippen LogP contribution >= 0.6 is 24.8 Å². The van der Waals surface area contributed by atoms with Crippen LogP contribution in [0.3, 0.4) is 0 Å². The molecule has 138 valence electrons. The first-order chi connectivity index (χ1) is 10.7. The summed E-state index contributed by atoms with van der Waals surface area (Å²) in [5.41, 5.74) is 5.80. The Balaban J connectivity index is 0.00000144. The molecule has 2 atom stereocenters. The number of nitrogens with two attached hydrogens (primary N) is 1. The molecule has 1 aliphatic carbocycles. The first-order valence-corrected chi connectivity index (χ1v) is 8.17. The van der Waals surface area contributed by atoms with Crippen molar-refractivity contribution < 1.29 is 9.32 Å². The van der Waals surface area contributed by atoms with Gasteiger partial charge >= 0.3 is 0 Å². The SMILES string of the molecule is Cc1noc(CN2CCN(C(=O)[C@@H]3CCC[C@@H]3CN)CC2)n1.Cl.Cl. The third-order valence-corrected chi connectivity index (χ3v) is 4.89. The van der Waals surface area contributed by atoms with Crippen LogP contribution in [0, 0.1) is 18.8 Å². The molecule has 2 aliphatic rings. The molecule has 1 aliphatic heterocycles. The summed E-state index contributed by atoms with van der Waals surface area (Å²) in [7, 11) is 0. The van der Waals surface area contributed by atoms with Gasteiger partial charge in [-0.3, -0.25) is 9.69 Å². The quantitative estimate of drug-likeness (QED) is 0.846. The Bertz CT molecular complexity index is 520. The van der Waals surface area contributed by atoms with Crippen LogP contribution in [0.1, 0.15) is 31.0 Å². The van der Waals surface area contributed by atoms with Crippen molar-refractivity contribution in [2.75, 3.05) is 32.7 Å². The van der Waals surface area contributed by atoms with Crippen molar-refractivity contribution in [2.24, 2.45) is 17.6 Å². The summed E-state index contributed by atoms with van der Waals surface area (Å²) in [4.78, 5) is 21.1. The lowest BCUT2D eigenvalue weighted by atomic mass is 9.94. The minimum absolute atomic E-state index is 0. The molecule has 2 fully saturated rings. The van der Waals surface area contributed by atoms with Gasteiger partial charge in [-0.05, 0) is 32.2 Å². The first kappa shape index (κ1) is 21.2. The molecule has 9 heteroatoms. The van der Waals surface area contributed by atoms with Gasteiger partial charge in [0.1, 0.15) is 0 Å². The highest BCUT2D eigenvalue weighted by Crippen LogP contribution is 2.32. The van der Waals surface area contributed by atoms with Gasteiger partial charge < -0.3 is 15.2 Å². The molecule has 2 N–H and O–H groups in total. The Labute approximate surface area is 155 Å². The predicted molar refractivity (Wildman–Crippen MR) is 95.3 cm³/mol. The lowest BCUT2D eigenvalue weighted by molar-refractivity contribution is -0.138. The van der Waals surface area contributed by atoms with Crippen LogP contribution in [-0.4, -0.2) is 58.6 Å². The Hall–Kier alpha value is -0.890. The Morgan fingerprint density at radius 2 is 1.96 bits per heavy atom. The molecule has 3 rings (SSSR count). The number of carbonyl (C=O) groups excluding carboxylic acids is 1. The summed E-state index contributed by atoms with van der Waals surface area (Å²) >= 11 is 0. The van der Waals surface area contributed by atoms with E-state index in [0.29, 0.717) is 36.6 Å². The highest BCUT2D eigenvalue weighted by molar-refractivity contribution is 5.85. The van der Waals surface area contributed by atoms with Crippen molar-refractivity contribution in [3.05, 3.63) is 11.7 Å². The van der Waals surface area contributed by atoms with E-state index in [1.807, 2.05) is 11.8 Å². The molecular weight excluding hydrogens is 353 g/mol. The monoisotopic (exact) mass is 379 g/mol. The minimum atomic E-state index is 0. The average molecular weight is 380 g/mol. The van der Waals surface area contributed by atoms with Crippen molar-refractivity contribution in [1.29, 1.82) is 0 Å². The van der Waals surface area contributed by atoms with E-state index >= 15 is 0 Å². The number of amides is 1. The van der Waals surface area contributed by atoms with Gasteiger partial charge in [-0.2, -0.15) is 4.98 Å².